The van der Waals surface area contributed by atoms with Crippen molar-refractivity contribution in [3.05, 3.63) is 33.8 Å². The van der Waals surface area contributed by atoms with Gasteiger partial charge in [0.05, 0.1) is 0 Å². The normalized spacial score (nSPS) is 12.1. The van der Waals surface area contributed by atoms with E-state index in [0.29, 0.717) is 34.4 Å². The Kier molecular flexibility index (Phi) is 9.89. The van der Waals surface area contributed by atoms with E-state index >= 15 is 0 Å². The smallest absolute Gasteiger partial charge is 0.142 e. The predicted octanol–water partition coefficient (Wildman–Crippen LogP) is 5.51. The van der Waals surface area contributed by atoms with Gasteiger partial charge in [-0.2, -0.15) is 0 Å². The molecular formula is C21H27Cl2NO3. The third-order valence-electron chi connectivity index (χ3n) is 4.64. The molecule has 0 heterocycles. The Morgan fingerprint density at radius 1 is 0.963 bits per heavy atom. The van der Waals surface area contributed by atoms with E-state index in [0.717, 1.165) is 0 Å². The van der Waals surface area contributed by atoms with Gasteiger partial charge in [-0.25, -0.2) is 0 Å². The van der Waals surface area contributed by atoms with E-state index in [1.165, 1.54) is 0 Å². The maximum absolute atomic E-state index is 12.1. The summed E-state index contributed by atoms with van der Waals surface area (Å²) in [6.07, 6.45) is 1.00. The van der Waals surface area contributed by atoms with Gasteiger partial charge in [0, 0.05) is 53.8 Å². The van der Waals surface area contributed by atoms with Crippen LogP contribution in [0.2, 0.25) is 10.0 Å². The Bertz CT molecular complexity index is 693. The number of halogens is 2. The summed E-state index contributed by atoms with van der Waals surface area (Å²) in [6, 6.07) is 5.02. The summed E-state index contributed by atoms with van der Waals surface area (Å²) >= 11 is 12.1. The van der Waals surface area contributed by atoms with E-state index in [1.807, 2.05) is 20.8 Å². The number of nitrogens with one attached hydrogen (secondary N) is 1. The maximum Gasteiger partial charge on any atom is 0.142 e. The monoisotopic (exact) mass is 411 g/mol. The Morgan fingerprint density at radius 3 is 2.07 bits per heavy atom. The van der Waals surface area contributed by atoms with Gasteiger partial charge >= 0.3 is 0 Å². The second-order valence-electron chi connectivity index (χ2n) is 7.26. The van der Waals surface area contributed by atoms with Gasteiger partial charge in [-0.15, -0.1) is 0 Å². The van der Waals surface area contributed by atoms with Crippen LogP contribution in [0.3, 0.4) is 0 Å². The van der Waals surface area contributed by atoms with E-state index < -0.39 is 0 Å². The number of carbonyl (C=O) groups is 3. The predicted molar refractivity (Wildman–Crippen MR) is 110 cm³/mol. The fourth-order valence-corrected chi connectivity index (χ4v) is 3.18. The molecule has 1 atom stereocenters. The molecule has 0 saturated carbocycles. The largest absolute Gasteiger partial charge is 0.309 e. The zero-order valence-corrected chi connectivity index (χ0v) is 17.6. The molecule has 0 unspecified atom stereocenters. The molecule has 0 aliphatic heterocycles. The summed E-state index contributed by atoms with van der Waals surface area (Å²) in [7, 11) is 0. The number of rotatable bonds is 12. The van der Waals surface area contributed by atoms with Crippen LogP contribution in [0.15, 0.2) is 18.2 Å². The molecule has 0 bridgehead atoms. The summed E-state index contributed by atoms with van der Waals surface area (Å²) in [4.78, 5) is 36.1. The van der Waals surface area contributed by atoms with Crippen LogP contribution >= 0.6 is 23.2 Å². The van der Waals surface area contributed by atoms with Gasteiger partial charge in [0.15, 0.2) is 0 Å². The second kappa shape index (κ2) is 11.4. The molecule has 0 spiro atoms. The van der Waals surface area contributed by atoms with Crippen LogP contribution in [-0.2, 0) is 20.8 Å². The average molecular weight is 412 g/mol. The molecule has 0 aromatic heterocycles. The number of carbonyl (C=O) groups excluding carboxylic acids is 3. The van der Waals surface area contributed by atoms with Crippen molar-refractivity contribution in [3.8, 4) is 0 Å². The lowest BCUT2D eigenvalue weighted by molar-refractivity contribution is -0.124. The van der Waals surface area contributed by atoms with E-state index in [1.54, 1.807) is 18.2 Å². The Hall–Kier alpha value is -1.52. The Morgan fingerprint density at radius 2 is 1.52 bits per heavy atom. The summed E-state index contributed by atoms with van der Waals surface area (Å²) in [5.41, 5.74) is 0.623. The molecule has 1 aromatic rings. The molecule has 1 rings (SSSR count). The van der Waals surface area contributed by atoms with Crippen LogP contribution in [0.25, 0.3) is 0 Å². The molecule has 6 heteroatoms. The molecule has 148 valence electrons. The van der Waals surface area contributed by atoms with Crippen LogP contribution in [0.1, 0.15) is 58.4 Å². The molecular weight excluding hydrogens is 385 g/mol. The molecule has 0 radical (unpaired) electrons. The van der Waals surface area contributed by atoms with Gasteiger partial charge in [-0.05, 0) is 30.0 Å². The van der Waals surface area contributed by atoms with Crippen LogP contribution in [-0.4, -0.2) is 23.1 Å². The van der Waals surface area contributed by atoms with E-state index in [2.05, 4.69) is 0 Å². The van der Waals surface area contributed by atoms with Gasteiger partial charge in [-0.1, -0.05) is 50.0 Å². The highest BCUT2D eigenvalue weighted by atomic mass is 35.5. The number of ketones is 3. The zero-order valence-electron chi connectivity index (χ0n) is 16.1. The van der Waals surface area contributed by atoms with E-state index in [-0.39, 0.29) is 54.7 Å². The molecule has 1 N–H and O–H groups in total. The van der Waals surface area contributed by atoms with Gasteiger partial charge in [0.25, 0.3) is 0 Å². The first kappa shape index (κ1) is 23.5. The highest BCUT2D eigenvalue weighted by Crippen LogP contribution is 2.25. The number of hydrogen-bond donors (Lipinski definition) is 1. The number of benzene rings is 1. The molecule has 27 heavy (non-hydrogen) atoms. The third kappa shape index (κ3) is 8.35. The molecule has 0 aliphatic rings. The minimum Gasteiger partial charge on any atom is -0.309 e. The first-order valence-electron chi connectivity index (χ1n) is 9.17. The third-order valence-corrected chi connectivity index (χ3v) is 5.35. The molecule has 0 saturated heterocycles. The van der Waals surface area contributed by atoms with Gasteiger partial charge in [-0.3, -0.25) is 14.4 Å². The van der Waals surface area contributed by atoms with Gasteiger partial charge in [0.2, 0.25) is 0 Å². The van der Waals surface area contributed by atoms with Crippen molar-refractivity contribution in [1.29, 1.82) is 5.41 Å². The van der Waals surface area contributed by atoms with Crippen molar-refractivity contribution in [2.45, 2.75) is 59.3 Å². The SMILES string of the molecule is CC(C)[C@H](C)C(=O)CCCC(=O)CC(=N)CC(=O)Cc1c(Cl)cccc1Cl. The van der Waals surface area contributed by atoms with Gasteiger partial charge < -0.3 is 5.41 Å². The molecule has 4 nitrogen and oxygen atoms in total. The summed E-state index contributed by atoms with van der Waals surface area (Å²) in [5, 5.41) is 8.72. The lowest BCUT2D eigenvalue weighted by Crippen LogP contribution is -2.17. The Labute approximate surface area is 171 Å². The van der Waals surface area contributed by atoms with Crippen LogP contribution in [0.4, 0.5) is 0 Å². The average Bonchev–Trinajstić information content (AvgIpc) is 2.57. The minimum absolute atomic E-state index is 0.00680. The molecule has 1 aromatic carbocycles. The fraction of sp³-hybridized carbons (Fsp3) is 0.524. The zero-order chi connectivity index (χ0) is 20.6. The van der Waals surface area contributed by atoms with Crippen molar-refractivity contribution in [2.75, 3.05) is 0 Å². The lowest BCUT2D eigenvalue weighted by Gasteiger charge is -2.13. The van der Waals surface area contributed by atoms with Crippen molar-refractivity contribution < 1.29 is 14.4 Å². The second-order valence-corrected chi connectivity index (χ2v) is 8.08. The van der Waals surface area contributed by atoms with E-state index in [9.17, 15) is 14.4 Å². The summed E-state index contributed by atoms with van der Waals surface area (Å²) < 4.78 is 0. The maximum atomic E-state index is 12.1. The topological polar surface area (TPSA) is 75.1 Å². The van der Waals surface area contributed by atoms with Gasteiger partial charge in [0.1, 0.15) is 17.3 Å². The van der Waals surface area contributed by atoms with Crippen molar-refractivity contribution in [2.24, 2.45) is 11.8 Å². The van der Waals surface area contributed by atoms with Crippen molar-refractivity contribution >= 4 is 46.3 Å². The van der Waals surface area contributed by atoms with Crippen molar-refractivity contribution in [1.82, 2.24) is 0 Å². The minimum atomic E-state index is -0.205. The molecule has 0 fully saturated rings. The fourth-order valence-electron chi connectivity index (χ4n) is 2.65. The van der Waals surface area contributed by atoms with Crippen molar-refractivity contribution in [3.63, 3.8) is 0 Å². The number of Topliss-reactive ketones (excluding diaryl/α,β-unsaturated/α-hetero) is 3. The summed E-state index contributed by atoms with van der Waals surface area (Å²) in [6.45, 7) is 5.91. The first-order chi connectivity index (χ1) is 12.6. The highest BCUT2D eigenvalue weighted by molar-refractivity contribution is 6.36. The highest BCUT2D eigenvalue weighted by Gasteiger charge is 2.18. The Balaban J connectivity index is 2.38. The van der Waals surface area contributed by atoms with Crippen LogP contribution in [0.5, 0.6) is 0 Å². The summed E-state index contributed by atoms with van der Waals surface area (Å²) in [5.74, 6) is 0.128. The van der Waals surface area contributed by atoms with E-state index in [4.69, 9.17) is 28.6 Å². The quantitative estimate of drug-likeness (QED) is 0.460. The lowest BCUT2D eigenvalue weighted by atomic mass is 9.90. The number of hydrogen-bond acceptors (Lipinski definition) is 4. The van der Waals surface area contributed by atoms with Crippen LogP contribution in [0, 0.1) is 17.2 Å². The standard InChI is InChI=1S/C21H27Cl2NO3/c1-13(2)14(3)21(27)9-4-6-16(25)10-15(24)11-17(26)12-18-19(22)7-5-8-20(18)23/h5,7-8,13-14,24H,4,6,9-12H2,1-3H3/t14-/m0/s1. The molecule has 0 aliphatic carbocycles. The molecule has 0 amide bonds. The first-order valence-corrected chi connectivity index (χ1v) is 9.92. The van der Waals surface area contributed by atoms with Crippen LogP contribution < -0.4 is 0 Å².